The Morgan fingerprint density at radius 2 is 1.94 bits per heavy atom. The van der Waals surface area contributed by atoms with Crippen LogP contribution in [0.1, 0.15) is 22.8 Å². The van der Waals surface area contributed by atoms with Crippen LogP contribution in [-0.2, 0) is 9.53 Å². The van der Waals surface area contributed by atoms with Gasteiger partial charge >= 0.3 is 5.97 Å². The first-order valence-electron chi connectivity index (χ1n) is 8.96. The van der Waals surface area contributed by atoms with Crippen LogP contribution in [0.3, 0.4) is 0 Å². The molecule has 2 aromatic carbocycles. The zero-order valence-electron chi connectivity index (χ0n) is 16.0. The average Bonchev–Trinajstić information content (AvgIpc) is 3.33. The minimum absolute atomic E-state index is 0.0344. The van der Waals surface area contributed by atoms with Crippen molar-refractivity contribution in [3.05, 3.63) is 86.7 Å². The van der Waals surface area contributed by atoms with Gasteiger partial charge in [-0.2, -0.15) is 5.10 Å². The minimum Gasteiger partial charge on any atom is -0.402 e. The second-order valence-corrected chi connectivity index (χ2v) is 6.93. The first kappa shape index (κ1) is 20.2. The largest absolute Gasteiger partial charge is 0.402 e. The minimum atomic E-state index is -0.734. The maximum absolute atomic E-state index is 12.4. The molecule has 0 amide bonds. The van der Waals surface area contributed by atoms with Gasteiger partial charge in [0, 0.05) is 35.9 Å². The van der Waals surface area contributed by atoms with Crippen LogP contribution in [0.25, 0.3) is 17.3 Å². The lowest BCUT2D eigenvalue weighted by molar-refractivity contribution is -0.384. The highest BCUT2D eigenvalue weighted by molar-refractivity contribution is 6.32. The zero-order chi connectivity index (χ0) is 22.1. The molecule has 0 fully saturated rings. The molecule has 0 radical (unpaired) electrons. The lowest BCUT2D eigenvalue weighted by Gasteiger charge is -2.00. The predicted octanol–water partition coefficient (Wildman–Crippen LogP) is 4.12. The smallest absolute Gasteiger partial charge is 0.363 e. The van der Waals surface area contributed by atoms with Crippen molar-refractivity contribution in [3.8, 4) is 11.3 Å². The van der Waals surface area contributed by atoms with E-state index in [0.717, 1.165) is 5.56 Å². The summed E-state index contributed by atoms with van der Waals surface area (Å²) in [6.07, 6.45) is 2.94. The molecule has 154 valence electrons. The number of benzene rings is 2. The van der Waals surface area contributed by atoms with Gasteiger partial charge in [-0.3, -0.25) is 14.9 Å². The van der Waals surface area contributed by atoms with Gasteiger partial charge in [-0.15, -0.1) is 0 Å². The summed E-state index contributed by atoms with van der Waals surface area (Å²) < 4.78 is 6.36. The Hall–Kier alpha value is -4.11. The van der Waals surface area contributed by atoms with Crippen LogP contribution in [0.4, 0.5) is 5.69 Å². The van der Waals surface area contributed by atoms with Crippen molar-refractivity contribution in [2.24, 2.45) is 4.99 Å². The first-order chi connectivity index (χ1) is 14.8. The zero-order valence-corrected chi connectivity index (χ0v) is 16.7. The number of carbonyl (C=O) groups is 2. The van der Waals surface area contributed by atoms with Crippen LogP contribution < -0.4 is 0 Å². The predicted molar refractivity (Wildman–Crippen MR) is 113 cm³/mol. The fourth-order valence-corrected chi connectivity index (χ4v) is 3.13. The maximum Gasteiger partial charge on any atom is 0.363 e. The van der Waals surface area contributed by atoms with Gasteiger partial charge in [0.25, 0.3) is 5.69 Å². The van der Waals surface area contributed by atoms with E-state index in [0.29, 0.717) is 11.3 Å². The number of aliphatic imine (C=N–C) groups is 1. The monoisotopic (exact) mass is 436 g/mol. The Morgan fingerprint density at radius 3 is 2.61 bits per heavy atom. The molecular weight excluding hydrogens is 424 g/mol. The Morgan fingerprint density at radius 1 is 1.19 bits per heavy atom. The van der Waals surface area contributed by atoms with Gasteiger partial charge in [0.15, 0.2) is 5.70 Å². The van der Waals surface area contributed by atoms with E-state index in [-0.39, 0.29) is 33.8 Å². The second-order valence-electron chi connectivity index (χ2n) is 6.52. The van der Waals surface area contributed by atoms with Crippen molar-refractivity contribution in [3.63, 3.8) is 0 Å². The molecule has 0 aliphatic carbocycles. The van der Waals surface area contributed by atoms with Crippen LogP contribution in [0, 0.1) is 10.1 Å². The van der Waals surface area contributed by atoms with Crippen molar-refractivity contribution in [1.29, 1.82) is 0 Å². The van der Waals surface area contributed by atoms with Gasteiger partial charge in [-0.25, -0.2) is 14.5 Å². The number of hydrogen-bond acceptors (Lipinski definition) is 7. The third-order valence-corrected chi connectivity index (χ3v) is 4.73. The molecule has 4 rings (SSSR count). The molecule has 0 saturated heterocycles. The van der Waals surface area contributed by atoms with Gasteiger partial charge in [0.1, 0.15) is 10.7 Å². The molecule has 3 aromatic rings. The van der Waals surface area contributed by atoms with E-state index in [2.05, 4.69) is 10.1 Å². The van der Waals surface area contributed by atoms with E-state index < -0.39 is 10.9 Å². The fourth-order valence-electron chi connectivity index (χ4n) is 2.94. The van der Waals surface area contributed by atoms with Crippen molar-refractivity contribution in [1.82, 2.24) is 9.78 Å². The Bertz CT molecular complexity index is 1290. The van der Waals surface area contributed by atoms with E-state index in [1.54, 1.807) is 0 Å². The Kier molecular flexibility index (Phi) is 5.18. The van der Waals surface area contributed by atoms with Crippen LogP contribution in [-0.4, -0.2) is 32.5 Å². The van der Waals surface area contributed by atoms with Crippen molar-refractivity contribution in [2.75, 3.05) is 0 Å². The number of ether oxygens (including phenoxy) is 1. The fraction of sp³-hybridized carbons (Fsp3) is 0.0476. The molecule has 10 heteroatoms. The average molecular weight is 437 g/mol. The molecule has 1 aromatic heterocycles. The quantitative estimate of drug-likeness (QED) is 0.263. The lowest BCUT2D eigenvalue weighted by atomic mass is 10.1. The second kappa shape index (κ2) is 7.96. The summed E-state index contributed by atoms with van der Waals surface area (Å²) >= 11 is 5.83. The van der Waals surface area contributed by atoms with E-state index in [9.17, 15) is 19.7 Å². The molecule has 0 bridgehead atoms. The molecule has 2 heterocycles. The van der Waals surface area contributed by atoms with Gasteiger partial charge in [-0.05, 0) is 18.2 Å². The number of hydrogen-bond donors (Lipinski definition) is 0. The highest BCUT2D eigenvalue weighted by atomic mass is 35.5. The summed E-state index contributed by atoms with van der Waals surface area (Å²) in [5.41, 5.74) is 1.59. The third kappa shape index (κ3) is 3.99. The molecule has 0 N–H and O–H groups in total. The van der Waals surface area contributed by atoms with Crippen molar-refractivity contribution in [2.45, 2.75) is 6.92 Å². The SMILES string of the molecule is CC(=O)n1cc(/C=C2\N=C(c3ccc(Cl)c([N+](=O)[O-])c3)OC2=O)c(-c2ccccc2)n1. The molecule has 0 spiro atoms. The molecule has 0 atom stereocenters. The number of rotatable bonds is 4. The number of nitro benzene ring substituents is 1. The summed E-state index contributed by atoms with van der Waals surface area (Å²) in [7, 11) is 0. The van der Waals surface area contributed by atoms with Crippen LogP contribution in [0.5, 0.6) is 0 Å². The Labute approximate surface area is 180 Å². The lowest BCUT2D eigenvalue weighted by Crippen LogP contribution is -2.06. The number of carbonyl (C=O) groups excluding carboxylic acids is 2. The third-order valence-electron chi connectivity index (χ3n) is 4.41. The molecule has 9 nitrogen and oxygen atoms in total. The molecule has 1 aliphatic rings. The van der Waals surface area contributed by atoms with E-state index in [1.165, 1.54) is 42.1 Å². The molecule has 31 heavy (non-hydrogen) atoms. The van der Waals surface area contributed by atoms with Gasteiger partial charge in [0.2, 0.25) is 11.8 Å². The number of aromatic nitrogens is 2. The van der Waals surface area contributed by atoms with Crippen LogP contribution in [0.15, 0.2) is 65.4 Å². The molecule has 1 aliphatic heterocycles. The van der Waals surface area contributed by atoms with E-state index in [4.69, 9.17) is 16.3 Å². The summed E-state index contributed by atoms with van der Waals surface area (Å²) in [6, 6.07) is 13.1. The van der Waals surface area contributed by atoms with Gasteiger partial charge in [-0.1, -0.05) is 41.9 Å². The number of nitro groups is 1. The number of cyclic esters (lactones) is 1. The molecule has 0 saturated carbocycles. The standard InChI is InChI=1S/C21H13ClN4O5/c1-12(27)25-11-15(19(24-25)13-5-3-2-4-6-13)9-17-21(28)31-20(23-17)14-7-8-16(22)18(10-14)26(29)30/h2-11H,1H3/b17-9-. The van der Waals surface area contributed by atoms with E-state index >= 15 is 0 Å². The van der Waals surface area contributed by atoms with Crippen molar-refractivity contribution >= 4 is 41.1 Å². The van der Waals surface area contributed by atoms with Gasteiger partial charge in [0.05, 0.1) is 4.92 Å². The Balaban J connectivity index is 1.77. The normalized spacial score (nSPS) is 14.5. The maximum atomic E-state index is 12.4. The van der Waals surface area contributed by atoms with Crippen LogP contribution >= 0.6 is 11.6 Å². The van der Waals surface area contributed by atoms with Crippen molar-refractivity contribution < 1.29 is 19.2 Å². The first-order valence-corrected chi connectivity index (χ1v) is 9.34. The molecule has 0 unspecified atom stereocenters. The topological polar surface area (TPSA) is 117 Å². The number of halogens is 1. The van der Waals surface area contributed by atoms with Crippen LogP contribution in [0.2, 0.25) is 5.02 Å². The van der Waals surface area contributed by atoms with Gasteiger partial charge < -0.3 is 4.74 Å². The highest BCUT2D eigenvalue weighted by Crippen LogP contribution is 2.29. The number of esters is 1. The summed E-state index contributed by atoms with van der Waals surface area (Å²) in [5.74, 6) is -1.12. The number of nitrogens with zero attached hydrogens (tertiary/aromatic N) is 4. The summed E-state index contributed by atoms with van der Waals surface area (Å²) in [5, 5.41) is 15.4. The highest BCUT2D eigenvalue weighted by Gasteiger charge is 2.27. The summed E-state index contributed by atoms with van der Waals surface area (Å²) in [4.78, 5) is 38.8. The molecular formula is C21H13ClN4O5. The van der Waals surface area contributed by atoms with E-state index in [1.807, 2.05) is 30.3 Å². The summed E-state index contributed by atoms with van der Waals surface area (Å²) in [6.45, 7) is 1.37.